The second kappa shape index (κ2) is 10.3. The first-order chi connectivity index (χ1) is 15.9. The zero-order valence-corrected chi connectivity index (χ0v) is 22.0. The van der Waals surface area contributed by atoms with Gasteiger partial charge in [0, 0.05) is 32.1 Å². The molecule has 0 unspecified atom stereocenters. The summed E-state index contributed by atoms with van der Waals surface area (Å²) < 4.78 is 0. The van der Waals surface area contributed by atoms with Crippen molar-refractivity contribution in [2.45, 2.75) is 129 Å². The summed E-state index contributed by atoms with van der Waals surface area (Å²) in [6.45, 7) is 8.25. The summed E-state index contributed by atoms with van der Waals surface area (Å²) in [7, 11) is 2.05. The van der Waals surface area contributed by atoms with Gasteiger partial charge in [-0.2, -0.15) is 0 Å². The van der Waals surface area contributed by atoms with Gasteiger partial charge in [-0.1, -0.05) is 59.3 Å². The highest BCUT2D eigenvalue weighted by molar-refractivity contribution is 5.77. The SMILES string of the molecule is CCCCCCCCCN(C=O)[C@H]1CC[C@H]2[C@@H]3CC[C@H]4N(C)C(=O)CC[C@]4(C)[C@H]3CC[C@]12C. The summed E-state index contributed by atoms with van der Waals surface area (Å²) in [5.74, 6) is 2.63. The molecule has 33 heavy (non-hydrogen) atoms. The van der Waals surface area contributed by atoms with Gasteiger partial charge in [-0.05, 0) is 80.0 Å². The Morgan fingerprint density at radius 3 is 2.33 bits per heavy atom. The Morgan fingerprint density at radius 2 is 1.61 bits per heavy atom. The minimum Gasteiger partial charge on any atom is -0.342 e. The first-order valence-corrected chi connectivity index (χ1v) is 14.3. The number of carbonyl (C=O) groups is 2. The van der Waals surface area contributed by atoms with Gasteiger partial charge < -0.3 is 9.80 Å². The van der Waals surface area contributed by atoms with Gasteiger partial charge in [0.2, 0.25) is 12.3 Å². The predicted molar refractivity (Wildman–Crippen MR) is 135 cm³/mol. The lowest BCUT2D eigenvalue weighted by Crippen LogP contribution is -2.62. The molecule has 0 radical (unpaired) electrons. The fourth-order valence-electron chi connectivity index (χ4n) is 9.20. The number of rotatable bonds is 10. The van der Waals surface area contributed by atoms with Crippen molar-refractivity contribution in [1.29, 1.82) is 0 Å². The van der Waals surface area contributed by atoms with Gasteiger partial charge in [0.1, 0.15) is 0 Å². The normalized spacial score (nSPS) is 40.2. The van der Waals surface area contributed by atoms with E-state index in [-0.39, 0.29) is 10.8 Å². The molecule has 7 atom stereocenters. The van der Waals surface area contributed by atoms with Crippen molar-refractivity contribution in [2.24, 2.45) is 28.6 Å². The summed E-state index contributed by atoms with van der Waals surface area (Å²) in [6.07, 6.45) is 19.6. The first kappa shape index (κ1) is 25.0. The standard InChI is InChI=1S/C29H50N2O2/c1-5-6-7-8-9-10-11-20-31(21-32)26-15-13-23-22-12-14-25-28(2,19-17-27(33)30(25)4)24(22)16-18-29(23,26)3/h21-26H,5-20H2,1-4H3/t22-,23-,24-,25+,26-,28+,29-/m0/s1. The molecule has 1 aliphatic heterocycles. The number of fused-ring (bicyclic) bond motifs is 5. The number of likely N-dealkylation sites (tertiary alicyclic amines) is 1. The molecule has 2 amide bonds. The Balaban J connectivity index is 1.38. The van der Waals surface area contributed by atoms with E-state index in [0.29, 0.717) is 18.0 Å². The topological polar surface area (TPSA) is 40.6 Å². The Labute approximate surface area is 203 Å². The van der Waals surface area contributed by atoms with Gasteiger partial charge in [0.25, 0.3) is 0 Å². The number of amides is 2. The van der Waals surface area contributed by atoms with Crippen LogP contribution in [0.4, 0.5) is 0 Å². The summed E-state index contributed by atoms with van der Waals surface area (Å²) in [4.78, 5) is 28.9. The Hall–Kier alpha value is -1.06. The van der Waals surface area contributed by atoms with E-state index < -0.39 is 0 Å². The van der Waals surface area contributed by atoms with Crippen molar-refractivity contribution in [3.05, 3.63) is 0 Å². The van der Waals surface area contributed by atoms with Crippen LogP contribution in [0.2, 0.25) is 0 Å². The number of carbonyl (C=O) groups excluding carboxylic acids is 2. The van der Waals surface area contributed by atoms with E-state index in [0.717, 1.165) is 43.6 Å². The largest absolute Gasteiger partial charge is 0.342 e. The zero-order chi connectivity index (χ0) is 23.6. The van der Waals surface area contributed by atoms with Crippen LogP contribution in [0.3, 0.4) is 0 Å². The van der Waals surface area contributed by atoms with Gasteiger partial charge in [0.05, 0.1) is 0 Å². The number of piperidine rings is 1. The van der Waals surface area contributed by atoms with Crippen molar-refractivity contribution >= 4 is 12.3 Å². The Bertz CT molecular complexity index is 695. The molecule has 3 saturated carbocycles. The number of nitrogens with zero attached hydrogens (tertiary/aromatic N) is 2. The molecular formula is C29H50N2O2. The fraction of sp³-hybridized carbons (Fsp3) is 0.931. The molecule has 0 N–H and O–H groups in total. The van der Waals surface area contributed by atoms with Gasteiger partial charge >= 0.3 is 0 Å². The molecule has 4 nitrogen and oxygen atoms in total. The van der Waals surface area contributed by atoms with Crippen LogP contribution >= 0.6 is 0 Å². The van der Waals surface area contributed by atoms with Crippen molar-refractivity contribution in [2.75, 3.05) is 13.6 Å². The molecule has 188 valence electrons. The molecule has 4 rings (SSSR count). The maximum atomic E-state index is 12.4. The fourth-order valence-corrected chi connectivity index (χ4v) is 9.20. The molecule has 1 heterocycles. The maximum absolute atomic E-state index is 12.4. The van der Waals surface area contributed by atoms with Crippen LogP contribution in [-0.4, -0.2) is 47.8 Å². The van der Waals surface area contributed by atoms with Crippen LogP contribution in [0.25, 0.3) is 0 Å². The Morgan fingerprint density at radius 1 is 0.909 bits per heavy atom. The van der Waals surface area contributed by atoms with Crippen molar-refractivity contribution in [3.8, 4) is 0 Å². The molecule has 3 aliphatic carbocycles. The lowest BCUT2D eigenvalue weighted by Gasteiger charge is -2.62. The van der Waals surface area contributed by atoms with E-state index in [1.54, 1.807) is 0 Å². The highest BCUT2D eigenvalue weighted by Crippen LogP contribution is 2.65. The minimum atomic E-state index is 0.281. The third-order valence-corrected chi connectivity index (χ3v) is 11.1. The van der Waals surface area contributed by atoms with E-state index >= 15 is 0 Å². The predicted octanol–water partition coefficient (Wildman–Crippen LogP) is 6.43. The van der Waals surface area contributed by atoms with Crippen LogP contribution in [-0.2, 0) is 9.59 Å². The smallest absolute Gasteiger partial charge is 0.222 e. The second-order valence-corrected chi connectivity index (χ2v) is 12.6. The van der Waals surface area contributed by atoms with E-state index in [2.05, 4.69) is 37.6 Å². The second-order valence-electron chi connectivity index (χ2n) is 12.6. The summed E-state index contributed by atoms with van der Waals surface area (Å²) in [5, 5.41) is 0. The van der Waals surface area contributed by atoms with Crippen molar-refractivity contribution < 1.29 is 9.59 Å². The molecule has 4 aliphatic rings. The highest BCUT2D eigenvalue weighted by atomic mass is 16.2. The molecule has 4 heteroatoms. The molecule has 0 bridgehead atoms. The van der Waals surface area contributed by atoms with Gasteiger partial charge in [0.15, 0.2) is 0 Å². The van der Waals surface area contributed by atoms with Crippen molar-refractivity contribution in [1.82, 2.24) is 9.80 Å². The molecule has 1 saturated heterocycles. The molecule has 0 aromatic carbocycles. The van der Waals surface area contributed by atoms with Crippen LogP contribution < -0.4 is 0 Å². The summed E-state index contributed by atoms with van der Waals surface area (Å²) >= 11 is 0. The minimum absolute atomic E-state index is 0.281. The number of hydrogen-bond acceptors (Lipinski definition) is 2. The monoisotopic (exact) mass is 458 g/mol. The third-order valence-electron chi connectivity index (χ3n) is 11.1. The molecule has 0 aromatic rings. The van der Waals surface area contributed by atoms with Crippen molar-refractivity contribution in [3.63, 3.8) is 0 Å². The summed E-state index contributed by atoms with van der Waals surface area (Å²) in [5.41, 5.74) is 0.565. The Kier molecular flexibility index (Phi) is 7.80. The van der Waals surface area contributed by atoms with Crippen LogP contribution in [0.5, 0.6) is 0 Å². The molecule has 0 aromatic heterocycles. The lowest BCUT2D eigenvalue weighted by molar-refractivity contribution is -0.159. The maximum Gasteiger partial charge on any atom is 0.222 e. The van der Waals surface area contributed by atoms with Crippen LogP contribution in [0.15, 0.2) is 0 Å². The van der Waals surface area contributed by atoms with E-state index in [1.807, 2.05) is 0 Å². The van der Waals surface area contributed by atoms with Gasteiger partial charge in [-0.25, -0.2) is 0 Å². The summed E-state index contributed by atoms with van der Waals surface area (Å²) in [6, 6.07) is 0.868. The molecule has 4 fully saturated rings. The highest BCUT2D eigenvalue weighted by Gasteiger charge is 2.61. The average Bonchev–Trinajstić information content (AvgIpc) is 3.16. The molecule has 0 spiro atoms. The average molecular weight is 459 g/mol. The van der Waals surface area contributed by atoms with E-state index in [1.165, 1.54) is 83.5 Å². The van der Waals surface area contributed by atoms with E-state index in [9.17, 15) is 9.59 Å². The van der Waals surface area contributed by atoms with E-state index in [4.69, 9.17) is 0 Å². The third kappa shape index (κ3) is 4.49. The quantitative estimate of drug-likeness (QED) is 0.280. The van der Waals surface area contributed by atoms with Crippen LogP contribution in [0.1, 0.15) is 117 Å². The zero-order valence-electron chi connectivity index (χ0n) is 22.0. The molecular weight excluding hydrogens is 408 g/mol. The first-order valence-electron chi connectivity index (χ1n) is 14.3. The van der Waals surface area contributed by atoms with Crippen LogP contribution in [0, 0.1) is 28.6 Å². The number of hydrogen-bond donors (Lipinski definition) is 0. The number of unbranched alkanes of at least 4 members (excludes halogenated alkanes) is 6. The van der Waals surface area contributed by atoms with Gasteiger partial charge in [-0.15, -0.1) is 0 Å². The van der Waals surface area contributed by atoms with Gasteiger partial charge in [-0.3, -0.25) is 9.59 Å². The lowest BCUT2D eigenvalue weighted by atomic mass is 9.47.